The molecule has 0 bridgehead atoms. The molecule has 7 nitrogen and oxygen atoms in total. The van der Waals surface area contributed by atoms with Crippen LogP contribution in [0.5, 0.6) is 11.5 Å². The Bertz CT molecular complexity index is 1150. The summed E-state index contributed by atoms with van der Waals surface area (Å²) < 4.78 is 18.8. The van der Waals surface area contributed by atoms with Gasteiger partial charge in [-0.3, -0.25) is 9.59 Å². The Kier molecular flexibility index (Phi) is 5.55. The van der Waals surface area contributed by atoms with Gasteiger partial charge in [0.25, 0.3) is 5.91 Å². The van der Waals surface area contributed by atoms with Crippen molar-refractivity contribution in [1.82, 2.24) is 4.57 Å². The molecule has 0 atom stereocenters. The number of aromatic nitrogens is 1. The lowest BCUT2D eigenvalue weighted by Crippen LogP contribution is -2.23. The molecule has 1 amide bonds. The van der Waals surface area contributed by atoms with Gasteiger partial charge in [0, 0.05) is 22.7 Å². The van der Waals surface area contributed by atoms with E-state index < -0.39 is 11.9 Å². The topological polar surface area (TPSA) is 79.1 Å². The highest BCUT2D eigenvalue weighted by Gasteiger charge is 2.18. The zero-order chi connectivity index (χ0) is 20.4. The number of esters is 1. The van der Waals surface area contributed by atoms with Crippen LogP contribution >= 0.6 is 22.9 Å². The first kappa shape index (κ1) is 19.5. The van der Waals surface area contributed by atoms with Crippen LogP contribution in [0.25, 0.3) is 10.2 Å². The molecule has 0 spiro atoms. The zero-order valence-corrected chi connectivity index (χ0v) is 17.1. The highest BCUT2D eigenvalue weighted by atomic mass is 35.5. The van der Waals surface area contributed by atoms with Crippen LogP contribution in [-0.4, -0.2) is 36.3 Å². The second-order valence-corrected chi connectivity index (χ2v) is 7.61. The van der Waals surface area contributed by atoms with Crippen LogP contribution in [0.1, 0.15) is 17.3 Å². The first-order valence-corrected chi connectivity index (χ1v) is 10.2. The minimum atomic E-state index is -0.428. The van der Waals surface area contributed by atoms with Crippen LogP contribution in [0, 0.1) is 0 Å². The molecule has 3 aromatic rings. The molecule has 0 radical (unpaired) electrons. The van der Waals surface area contributed by atoms with Gasteiger partial charge in [0.2, 0.25) is 0 Å². The van der Waals surface area contributed by atoms with Crippen molar-refractivity contribution in [1.29, 1.82) is 0 Å². The van der Waals surface area contributed by atoms with Gasteiger partial charge in [-0.15, -0.1) is 0 Å². The molecule has 9 heteroatoms. The molecule has 2 aromatic carbocycles. The number of thiazole rings is 1. The van der Waals surface area contributed by atoms with Crippen molar-refractivity contribution in [3.05, 3.63) is 51.8 Å². The van der Waals surface area contributed by atoms with Gasteiger partial charge in [-0.1, -0.05) is 22.9 Å². The van der Waals surface area contributed by atoms with E-state index in [0.717, 1.165) is 10.2 Å². The second kappa shape index (κ2) is 8.26. The standard InChI is InChI=1S/C20H17ClN2O5S/c1-2-26-18(24)11-23-14-9-15-16(28-8-7-27-15)10-17(14)29-20(23)22-19(25)12-3-5-13(21)6-4-12/h3-6,9-10H,2,7-8,11H2,1H3. The average Bonchev–Trinajstić information content (AvgIpc) is 3.02. The summed E-state index contributed by atoms with van der Waals surface area (Å²) in [5.74, 6) is 0.379. The van der Waals surface area contributed by atoms with E-state index in [9.17, 15) is 9.59 Å². The number of carbonyl (C=O) groups is 2. The molecule has 0 fully saturated rings. The van der Waals surface area contributed by atoms with Crippen molar-refractivity contribution in [3.8, 4) is 11.5 Å². The molecule has 0 aliphatic carbocycles. The van der Waals surface area contributed by atoms with Crippen molar-refractivity contribution in [3.63, 3.8) is 0 Å². The summed E-state index contributed by atoms with van der Waals surface area (Å²) in [6.45, 7) is 2.86. The minimum Gasteiger partial charge on any atom is -0.486 e. The van der Waals surface area contributed by atoms with E-state index in [1.54, 1.807) is 41.8 Å². The number of rotatable bonds is 4. The Morgan fingerprint density at radius 1 is 1.17 bits per heavy atom. The number of benzene rings is 2. The highest BCUT2D eigenvalue weighted by Crippen LogP contribution is 2.35. The lowest BCUT2D eigenvalue weighted by molar-refractivity contribution is -0.143. The van der Waals surface area contributed by atoms with Gasteiger partial charge in [0.05, 0.1) is 16.8 Å². The first-order valence-electron chi connectivity index (χ1n) is 8.98. The fourth-order valence-corrected chi connectivity index (χ4v) is 4.09. The van der Waals surface area contributed by atoms with Crippen molar-refractivity contribution in [2.24, 2.45) is 4.99 Å². The molecule has 1 aliphatic heterocycles. The van der Waals surface area contributed by atoms with Crippen LogP contribution in [-0.2, 0) is 16.1 Å². The molecule has 4 rings (SSSR count). The van der Waals surface area contributed by atoms with E-state index in [1.165, 1.54) is 11.3 Å². The predicted octanol–water partition coefficient (Wildman–Crippen LogP) is 3.43. The average molecular weight is 433 g/mol. The fourth-order valence-electron chi connectivity index (χ4n) is 2.92. The van der Waals surface area contributed by atoms with Crippen molar-refractivity contribution in [2.75, 3.05) is 19.8 Å². The van der Waals surface area contributed by atoms with Gasteiger partial charge in [0.1, 0.15) is 19.8 Å². The van der Waals surface area contributed by atoms with Gasteiger partial charge < -0.3 is 18.8 Å². The number of halogens is 1. The number of amides is 1. The molecule has 0 saturated heterocycles. The summed E-state index contributed by atoms with van der Waals surface area (Å²) >= 11 is 7.17. The molecule has 0 N–H and O–H groups in total. The van der Waals surface area contributed by atoms with Gasteiger partial charge in [-0.25, -0.2) is 0 Å². The summed E-state index contributed by atoms with van der Waals surface area (Å²) in [4.78, 5) is 29.4. The smallest absolute Gasteiger partial charge is 0.326 e. The fraction of sp³-hybridized carbons (Fsp3) is 0.250. The summed E-state index contributed by atoms with van der Waals surface area (Å²) in [6.07, 6.45) is 0. The Balaban J connectivity index is 1.83. The molecule has 0 saturated carbocycles. The summed E-state index contributed by atoms with van der Waals surface area (Å²) in [6, 6.07) is 10.1. The largest absolute Gasteiger partial charge is 0.486 e. The van der Waals surface area contributed by atoms with E-state index in [4.69, 9.17) is 25.8 Å². The normalized spacial score (nSPS) is 13.5. The first-order chi connectivity index (χ1) is 14.0. The summed E-state index contributed by atoms with van der Waals surface area (Å²) in [5, 5.41) is 0.534. The maximum Gasteiger partial charge on any atom is 0.326 e. The monoisotopic (exact) mass is 432 g/mol. The van der Waals surface area contributed by atoms with Gasteiger partial charge in [0.15, 0.2) is 16.3 Å². The van der Waals surface area contributed by atoms with Crippen LogP contribution < -0.4 is 14.3 Å². The number of fused-ring (bicyclic) bond motifs is 2. The van der Waals surface area contributed by atoms with E-state index in [0.29, 0.717) is 40.1 Å². The van der Waals surface area contributed by atoms with Gasteiger partial charge in [-0.05, 0) is 31.2 Å². The quantitative estimate of drug-likeness (QED) is 0.590. The third-order valence-electron chi connectivity index (χ3n) is 4.23. The Hall–Kier alpha value is -2.84. The molecular weight excluding hydrogens is 416 g/mol. The van der Waals surface area contributed by atoms with Gasteiger partial charge >= 0.3 is 5.97 Å². The second-order valence-electron chi connectivity index (χ2n) is 6.16. The van der Waals surface area contributed by atoms with Crippen LogP contribution in [0.2, 0.25) is 5.02 Å². The molecule has 0 unspecified atom stereocenters. The van der Waals surface area contributed by atoms with Crippen LogP contribution in [0.15, 0.2) is 41.4 Å². The van der Waals surface area contributed by atoms with Crippen molar-refractivity contribution < 1.29 is 23.8 Å². The molecule has 1 aromatic heterocycles. The Labute approximate surface area is 175 Å². The molecule has 2 heterocycles. The summed E-state index contributed by atoms with van der Waals surface area (Å²) in [5.41, 5.74) is 1.12. The zero-order valence-electron chi connectivity index (χ0n) is 15.5. The third kappa shape index (κ3) is 4.13. The van der Waals surface area contributed by atoms with E-state index in [2.05, 4.69) is 4.99 Å². The third-order valence-corrected chi connectivity index (χ3v) is 5.52. The van der Waals surface area contributed by atoms with E-state index >= 15 is 0 Å². The molecule has 150 valence electrons. The Morgan fingerprint density at radius 2 is 1.86 bits per heavy atom. The summed E-state index contributed by atoms with van der Waals surface area (Å²) in [7, 11) is 0. The SMILES string of the molecule is CCOC(=O)Cn1c(=NC(=O)c2ccc(Cl)cc2)sc2cc3c(cc21)OCCO3. The Morgan fingerprint density at radius 3 is 2.55 bits per heavy atom. The number of carbonyl (C=O) groups excluding carboxylic acids is 2. The lowest BCUT2D eigenvalue weighted by atomic mass is 10.2. The minimum absolute atomic E-state index is 0.0692. The maximum atomic E-state index is 12.6. The molecule has 29 heavy (non-hydrogen) atoms. The van der Waals surface area contributed by atoms with E-state index in [1.807, 2.05) is 6.07 Å². The van der Waals surface area contributed by atoms with Crippen LogP contribution in [0.4, 0.5) is 0 Å². The predicted molar refractivity (Wildman–Crippen MR) is 109 cm³/mol. The van der Waals surface area contributed by atoms with E-state index in [-0.39, 0.29) is 13.2 Å². The molecular formula is C20H17ClN2O5S. The maximum absolute atomic E-state index is 12.6. The van der Waals surface area contributed by atoms with Crippen molar-refractivity contribution >= 4 is 45.0 Å². The number of nitrogens with zero attached hydrogens (tertiary/aromatic N) is 2. The lowest BCUT2D eigenvalue weighted by Gasteiger charge is -2.18. The van der Waals surface area contributed by atoms with Crippen molar-refractivity contribution in [2.45, 2.75) is 13.5 Å². The van der Waals surface area contributed by atoms with Gasteiger partial charge in [-0.2, -0.15) is 4.99 Å². The number of hydrogen-bond donors (Lipinski definition) is 0. The number of ether oxygens (including phenoxy) is 3. The highest BCUT2D eigenvalue weighted by molar-refractivity contribution is 7.16. The molecule has 1 aliphatic rings. The number of hydrogen-bond acceptors (Lipinski definition) is 6. The van der Waals surface area contributed by atoms with Crippen LogP contribution in [0.3, 0.4) is 0 Å².